The molecule has 1 fully saturated rings. The van der Waals surface area contributed by atoms with Crippen molar-refractivity contribution in [3.8, 4) is 0 Å². The molecule has 7 nitrogen and oxygen atoms in total. The van der Waals surface area contributed by atoms with Gasteiger partial charge in [-0.3, -0.25) is 0 Å². The zero-order chi connectivity index (χ0) is 14.1. The van der Waals surface area contributed by atoms with Crippen molar-refractivity contribution < 1.29 is 9.84 Å². The van der Waals surface area contributed by atoms with Gasteiger partial charge in [0, 0.05) is 19.0 Å². The number of nitrogens with one attached hydrogen (secondary N) is 1. The van der Waals surface area contributed by atoms with Crippen molar-refractivity contribution in [2.75, 3.05) is 37.8 Å². The average molecular weight is 298 g/mol. The molecule has 108 valence electrons. The predicted octanol–water partition coefficient (Wildman–Crippen LogP) is 0.939. The van der Waals surface area contributed by atoms with E-state index in [0.29, 0.717) is 30.2 Å². The minimum Gasteiger partial charge on any atom is -0.396 e. The standard InChI is InChI=1S/C12H16ClN5O2/c1-7(6-19)9-14-8-10(15-9)16-12(13)17-11(8)18-2-4-20-5-3-18/h7,19H,2-6H2,1H3,(H,14,15,16,17). The lowest BCUT2D eigenvalue weighted by Gasteiger charge is -2.27. The average Bonchev–Trinajstić information content (AvgIpc) is 2.90. The summed E-state index contributed by atoms with van der Waals surface area (Å²) in [7, 11) is 0. The number of ether oxygens (including phenoxy) is 1. The van der Waals surface area contributed by atoms with Gasteiger partial charge < -0.3 is 19.7 Å². The molecule has 0 amide bonds. The SMILES string of the molecule is CC(CO)c1nc2c(N3CCOCC3)nc(Cl)nc2[nH]1. The Morgan fingerprint density at radius 1 is 1.35 bits per heavy atom. The van der Waals surface area contributed by atoms with Gasteiger partial charge in [-0.05, 0) is 11.6 Å². The van der Waals surface area contributed by atoms with Crippen LogP contribution in [0, 0.1) is 0 Å². The Morgan fingerprint density at radius 2 is 2.10 bits per heavy atom. The van der Waals surface area contributed by atoms with Crippen molar-refractivity contribution in [2.45, 2.75) is 12.8 Å². The van der Waals surface area contributed by atoms with E-state index in [2.05, 4.69) is 24.8 Å². The fourth-order valence-electron chi connectivity index (χ4n) is 2.19. The molecule has 0 aromatic carbocycles. The van der Waals surface area contributed by atoms with Crippen LogP contribution in [0.5, 0.6) is 0 Å². The maximum absolute atomic E-state index is 9.24. The van der Waals surface area contributed by atoms with Crippen molar-refractivity contribution in [1.82, 2.24) is 19.9 Å². The highest BCUT2D eigenvalue weighted by molar-refractivity contribution is 6.28. The molecule has 20 heavy (non-hydrogen) atoms. The third kappa shape index (κ3) is 2.44. The summed E-state index contributed by atoms with van der Waals surface area (Å²) < 4.78 is 5.34. The Balaban J connectivity index is 2.07. The Morgan fingerprint density at radius 3 is 2.80 bits per heavy atom. The second-order valence-electron chi connectivity index (χ2n) is 4.82. The minimum atomic E-state index is -0.0829. The molecule has 0 bridgehead atoms. The molecule has 8 heteroatoms. The van der Waals surface area contributed by atoms with E-state index in [1.54, 1.807) is 0 Å². The second-order valence-corrected chi connectivity index (χ2v) is 5.16. The smallest absolute Gasteiger partial charge is 0.226 e. The van der Waals surface area contributed by atoms with Crippen LogP contribution < -0.4 is 4.90 Å². The van der Waals surface area contributed by atoms with E-state index >= 15 is 0 Å². The number of anilines is 1. The highest BCUT2D eigenvalue weighted by Crippen LogP contribution is 2.26. The van der Waals surface area contributed by atoms with Crippen LogP contribution >= 0.6 is 11.6 Å². The van der Waals surface area contributed by atoms with Crippen LogP contribution in [0.15, 0.2) is 0 Å². The monoisotopic (exact) mass is 297 g/mol. The lowest BCUT2D eigenvalue weighted by atomic mass is 10.2. The molecule has 0 radical (unpaired) electrons. The lowest BCUT2D eigenvalue weighted by molar-refractivity contribution is 0.122. The van der Waals surface area contributed by atoms with Gasteiger partial charge in [-0.2, -0.15) is 9.97 Å². The number of nitrogens with zero attached hydrogens (tertiary/aromatic N) is 4. The largest absolute Gasteiger partial charge is 0.396 e. The van der Waals surface area contributed by atoms with Gasteiger partial charge in [-0.1, -0.05) is 6.92 Å². The highest BCUT2D eigenvalue weighted by atomic mass is 35.5. The summed E-state index contributed by atoms with van der Waals surface area (Å²) in [6.45, 7) is 4.73. The Hall–Kier alpha value is -1.44. The van der Waals surface area contributed by atoms with Gasteiger partial charge in [0.25, 0.3) is 0 Å². The molecule has 3 rings (SSSR count). The molecule has 0 spiro atoms. The topological polar surface area (TPSA) is 87.2 Å². The number of aromatic nitrogens is 4. The molecule has 1 unspecified atom stereocenters. The molecule has 3 heterocycles. The summed E-state index contributed by atoms with van der Waals surface area (Å²) in [4.78, 5) is 18.2. The highest BCUT2D eigenvalue weighted by Gasteiger charge is 2.21. The Kier molecular flexibility index (Phi) is 3.73. The van der Waals surface area contributed by atoms with Gasteiger partial charge in [-0.25, -0.2) is 4.98 Å². The van der Waals surface area contributed by atoms with Gasteiger partial charge in [0.1, 0.15) is 5.82 Å². The molecule has 1 aliphatic rings. The summed E-state index contributed by atoms with van der Waals surface area (Å²) in [5.74, 6) is 1.32. The summed E-state index contributed by atoms with van der Waals surface area (Å²) >= 11 is 5.99. The fourth-order valence-corrected chi connectivity index (χ4v) is 2.36. The summed E-state index contributed by atoms with van der Waals surface area (Å²) in [6, 6.07) is 0. The third-order valence-electron chi connectivity index (χ3n) is 3.37. The van der Waals surface area contributed by atoms with E-state index in [1.807, 2.05) is 6.92 Å². The molecule has 0 aliphatic carbocycles. The van der Waals surface area contributed by atoms with E-state index < -0.39 is 0 Å². The van der Waals surface area contributed by atoms with Crippen LogP contribution in [0.2, 0.25) is 5.28 Å². The number of H-pyrrole nitrogens is 1. The van der Waals surface area contributed by atoms with Crippen LogP contribution in [0.4, 0.5) is 5.82 Å². The number of hydrogen-bond acceptors (Lipinski definition) is 6. The summed E-state index contributed by atoms with van der Waals surface area (Å²) in [5.41, 5.74) is 1.29. The molecule has 2 N–H and O–H groups in total. The maximum Gasteiger partial charge on any atom is 0.226 e. The quantitative estimate of drug-likeness (QED) is 0.820. The lowest BCUT2D eigenvalue weighted by Crippen LogP contribution is -2.37. The Bertz CT molecular complexity index is 611. The first-order valence-electron chi connectivity index (χ1n) is 6.55. The van der Waals surface area contributed by atoms with Gasteiger partial charge in [0.05, 0.1) is 19.8 Å². The number of halogens is 1. The molecule has 1 atom stereocenters. The van der Waals surface area contributed by atoms with Crippen LogP contribution in [0.3, 0.4) is 0 Å². The molecule has 1 aliphatic heterocycles. The summed E-state index contributed by atoms with van der Waals surface area (Å²) in [5, 5.41) is 9.42. The van der Waals surface area contributed by atoms with E-state index in [4.69, 9.17) is 16.3 Å². The van der Waals surface area contributed by atoms with Gasteiger partial charge >= 0.3 is 0 Å². The number of aromatic amines is 1. The first-order valence-corrected chi connectivity index (χ1v) is 6.93. The van der Waals surface area contributed by atoms with Gasteiger partial charge in [0.15, 0.2) is 17.0 Å². The molecular formula is C12H16ClN5O2. The Labute approximate surface area is 121 Å². The molecule has 1 saturated heterocycles. The third-order valence-corrected chi connectivity index (χ3v) is 3.54. The number of aliphatic hydroxyl groups is 1. The minimum absolute atomic E-state index is 0.0217. The number of fused-ring (bicyclic) bond motifs is 1. The van der Waals surface area contributed by atoms with Crippen LogP contribution in [-0.4, -0.2) is 58.0 Å². The number of hydrogen-bond donors (Lipinski definition) is 2. The summed E-state index contributed by atoms with van der Waals surface area (Å²) in [6.07, 6.45) is 0. The van der Waals surface area contributed by atoms with Crippen molar-refractivity contribution in [3.63, 3.8) is 0 Å². The molecule has 0 saturated carbocycles. The van der Waals surface area contributed by atoms with Crippen LogP contribution in [0.25, 0.3) is 11.2 Å². The first kappa shape index (κ1) is 13.5. The first-order chi connectivity index (χ1) is 9.69. The normalized spacial score (nSPS) is 17.6. The predicted molar refractivity (Wildman–Crippen MR) is 75.2 cm³/mol. The zero-order valence-electron chi connectivity index (χ0n) is 11.1. The van der Waals surface area contributed by atoms with E-state index in [1.165, 1.54) is 0 Å². The van der Waals surface area contributed by atoms with E-state index in [9.17, 15) is 5.11 Å². The van der Waals surface area contributed by atoms with Crippen LogP contribution in [-0.2, 0) is 4.74 Å². The molecule has 2 aromatic heterocycles. The van der Waals surface area contributed by atoms with Crippen molar-refractivity contribution in [3.05, 3.63) is 11.1 Å². The fraction of sp³-hybridized carbons (Fsp3) is 0.583. The number of rotatable bonds is 3. The molecular weight excluding hydrogens is 282 g/mol. The van der Waals surface area contributed by atoms with Gasteiger partial charge in [0.2, 0.25) is 5.28 Å². The van der Waals surface area contributed by atoms with Crippen LogP contribution in [0.1, 0.15) is 18.7 Å². The zero-order valence-corrected chi connectivity index (χ0v) is 11.9. The number of imidazole rings is 1. The number of morpholine rings is 1. The van der Waals surface area contributed by atoms with Gasteiger partial charge in [-0.15, -0.1) is 0 Å². The van der Waals surface area contributed by atoms with E-state index in [-0.39, 0.29) is 17.8 Å². The second kappa shape index (κ2) is 5.51. The van der Waals surface area contributed by atoms with Crippen molar-refractivity contribution in [1.29, 1.82) is 0 Å². The molecule has 2 aromatic rings. The van der Waals surface area contributed by atoms with Crippen molar-refractivity contribution in [2.24, 2.45) is 0 Å². The van der Waals surface area contributed by atoms with Crippen molar-refractivity contribution >= 4 is 28.6 Å². The van der Waals surface area contributed by atoms with E-state index in [0.717, 1.165) is 18.9 Å². The maximum atomic E-state index is 9.24. The number of aliphatic hydroxyl groups excluding tert-OH is 1.